The zero-order valence-corrected chi connectivity index (χ0v) is 12.4. The van der Waals surface area contributed by atoms with Gasteiger partial charge in [0, 0.05) is 0 Å². The normalized spacial score (nSPS) is 32.2. The average Bonchev–Trinajstić information content (AvgIpc) is 2.42. The van der Waals surface area contributed by atoms with Crippen LogP contribution in [0, 0.1) is 11.8 Å². The van der Waals surface area contributed by atoms with Crippen LogP contribution < -0.4 is 51.4 Å². The molecule has 2 fully saturated rings. The van der Waals surface area contributed by atoms with Crippen LogP contribution in [0.5, 0.6) is 0 Å². The van der Waals surface area contributed by atoms with Gasteiger partial charge in [-0.1, -0.05) is 12.8 Å². The molecule has 1 saturated carbocycles. The van der Waals surface area contributed by atoms with Crippen molar-refractivity contribution in [3.63, 3.8) is 0 Å². The largest absolute Gasteiger partial charge is 1.00 e. The van der Waals surface area contributed by atoms with E-state index in [0.29, 0.717) is 24.9 Å². The van der Waals surface area contributed by atoms with Crippen LogP contribution in [0.1, 0.15) is 25.7 Å². The fraction of sp³-hybridized carbons (Fsp3) is 1.00. The zero-order valence-electron chi connectivity index (χ0n) is 9.26. The van der Waals surface area contributed by atoms with Crippen molar-refractivity contribution in [2.45, 2.75) is 25.7 Å². The third kappa shape index (κ3) is 4.32. The second-order valence-corrected chi connectivity index (χ2v) is 4.73. The summed E-state index contributed by atoms with van der Waals surface area (Å²) >= 11 is 0. The Hall–Kier alpha value is 1.45. The molecular formula is C9H16BF3KN. The third-order valence-corrected chi connectivity index (χ3v) is 3.52. The van der Waals surface area contributed by atoms with Crippen molar-refractivity contribution in [2.75, 3.05) is 19.5 Å². The Bertz CT molecular complexity index is 198. The molecule has 1 aliphatic carbocycles. The van der Waals surface area contributed by atoms with Gasteiger partial charge in [0.2, 0.25) is 0 Å². The topological polar surface area (TPSA) is 3.24 Å². The van der Waals surface area contributed by atoms with Crippen molar-refractivity contribution < 1.29 is 64.3 Å². The van der Waals surface area contributed by atoms with E-state index < -0.39 is 13.4 Å². The van der Waals surface area contributed by atoms with Gasteiger partial charge >= 0.3 is 58.4 Å². The van der Waals surface area contributed by atoms with Crippen molar-refractivity contribution in [3.05, 3.63) is 0 Å². The quantitative estimate of drug-likeness (QED) is 0.593. The van der Waals surface area contributed by atoms with E-state index in [1.54, 1.807) is 4.90 Å². The van der Waals surface area contributed by atoms with Crippen LogP contribution >= 0.6 is 0 Å². The van der Waals surface area contributed by atoms with Crippen molar-refractivity contribution in [1.82, 2.24) is 4.90 Å². The SMILES string of the molecule is F[B-](F)(F)CN1CC2CCCCC2C1.[K+]. The zero-order chi connectivity index (χ0) is 10.2. The molecule has 6 heteroatoms. The van der Waals surface area contributed by atoms with Crippen LogP contribution in [0.4, 0.5) is 12.9 Å². The molecule has 0 amide bonds. The van der Waals surface area contributed by atoms with Gasteiger partial charge < -0.3 is 17.8 Å². The summed E-state index contributed by atoms with van der Waals surface area (Å²) in [5, 5.41) is 0. The van der Waals surface area contributed by atoms with E-state index in [-0.39, 0.29) is 51.4 Å². The molecule has 2 aliphatic rings. The van der Waals surface area contributed by atoms with Gasteiger partial charge in [0.1, 0.15) is 0 Å². The Labute approximate surface area is 132 Å². The van der Waals surface area contributed by atoms with Gasteiger partial charge in [-0.05, 0) is 44.2 Å². The fourth-order valence-corrected chi connectivity index (χ4v) is 2.94. The molecule has 2 rings (SSSR count). The molecule has 0 spiro atoms. The van der Waals surface area contributed by atoms with Crippen LogP contribution in [0.2, 0.25) is 0 Å². The van der Waals surface area contributed by atoms with E-state index in [9.17, 15) is 12.9 Å². The van der Waals surface area contributed by atoms with Gasteiger partial charge in [0.15, 0.2) is 0 Å². The molecule has 0 aromatic carbocycles. The Kier molecular flexibility index (Phi) is 5.68. The summed E-state index contributed by atoms with van der Waals surface area (Å²) in [4.78, 5) is 1.61. The maximum absolute atomic E-state index is 12.2. The summed E-state index contributed by atoms with van der Waals surface area (Å²) in [6.45, 7) is -3.25. The van der Waals surface area contributed by atoms with Crippen LogP contribution in [-0.4, -0.2) is 31.4 Å². The molecule has 0 bridgehead atoms. The monoisotopic (exact) mass is 245 g/mol. The second-order valence-electron chi connectivity index (χ2n) is 4.73. The minimum Gasteiger partial charge on any atom is -0.448 e. The molecule has 0 N–H and O–H groups in total. The van der Waals surface area contributed by atoms with Crippen LogP contribution in [0.15, 0.2) is 0 Å². The van der Waals surface area contributed by atoms with Crippen molar-refractivity contribution in [2.24, 2.45) is 11.8 Å². The maximum atomic E-state index is 12.2. The standard InChI is InChI=1S/C9H16BF3N.K/c11-10(12,13)7-14-5-8-3-1-2-4-9(8)6-14;/h8-9H,1-7H2;/q-1;+1. The number of hydrogen-bond acceptors (Lipinski definition) is 1. The maximum Gasteiger partial charge on any atom is 1.00 e. The summed E-state index contributed by atoms with van der Waals surface area (Å²) in [7, 11) is 0. The number of hydrogen-bond donors (Lipinski definition) is 0. The molecular weight excluding hydrogens is 229 g/mol. The number of likely N-dealkylation sites (tertiary alicyclic amines) is 1. The summed E-state index contributed by atoms with van der Waals surface area (Å²) in [5.41, 5.74) is 0. The summed E-state index contributed by atoms with van der Waals surface area (Å²) in [6.07, 6.45) is 4.07. The van der Waals surface area contributed by atoms with Crippen molar-refractivity contribution in [1.29, 1.82) is 0 Å². The van der Waals surface area contributed by atoms with E-state index in [2.05, 4.69) is 0 Å². The minimum atomic E-state index is -4.62. The van der Waals surface area contributed by atoms with Crippen LogP contribution in [0.3, 0.4) is 0 Å². The average molecular weight is 245 g/mol. The van der Waals surface area contributed by atoms with Gasteiger partial charge in [0.25, 0.3) is 0 Å². The summed E-state index contributed by atoms with van der Waals surface area (Å²) < 4.78 is 36.6. The van der Waals surface area contributed by atoms with Crippen molar-refractivity contribution >= 4 is 6.98 Å². The number of nitrogens with zero attached hydrogens (tertiary/aromatic N) is 1. The van der Waals surface area contributed by atoms with Crippen LogP contribution in [-0.2, 0) is 0 Å². The Morgan fingerprint density at radius 3 is 1.87 bits per heavy atom. The molecule has 1 heterocycles. The van der Waals surface area contributed by atoms with Gasteiger partial charge in [-0.2, -0.15) is 0 Å². The first kappa shape index (κ1) is 14.5. The van der Waals surface area contributed by atoms with E-state index >= 15 is 0 Å². The van der Waals surface area contributed by atoms with Crippen LogP contribution in [0.25, 0.3) is 0 Å². The van der Waals surface area contributed by atoms with Crippen molar-refractivity contribution in [3.8, 4) is 0 Å². The number of rotatable bonds is 2. The minimum absolute atomic E-state index is 0. The van der Waals surface area contributed by atoms with E-state index in [4.69, 9.17) is 0 Å². The predicted molar refractivity (Wildman–Crippen MR) is 51.0 cm³/mol. The molecule has 0 radical (unpaired) electrons. The third-order valence-electron chi connectivity index (χ3n) is 3.52. The summed E-state index contributed by atoms with van der Waals surface area (Å²) in [6, 6.07) is 0. The summed E-state index contributed by atoms with van der Waals surface area (Å²) in [5.74, 6) is 1.11. The molecule has 0 aromatic rings. The molecule has 15 heavy (non-hydrogen) atoms. The van der Waals surface area contributed by atoms with Gasteiger partial charge in [-0.25, -0.2) is 0 Å². The van der Waals surface area contributed by atoms with E-state index in [1.165, 1.54) is 12.8 Å². The van der Waals surface area contributed by atoms with E-state index in [0.717, 1.165) is 12.8 Å². The number of halogens is 3. The van der Waals surface area contributed by atoms with Gasteiger partial charge in [-0.3, -0.25) is 0 Å². The molecule has 0 aromatic heterocycles. The Morgan fingerprint density at radius 2 is 1.47 bits per heavy atom. The smallest absolute Gasteiger partial charge is 0.448 e. The van der Waals surface area contributed by atoms with Gasteiger partial charge in [-0.15, -0.1) is 0 Å². The Morgan fingerprint density at radius 1 is 1.00 bits per heavy atom. The van der Waals surface area contributed by atoms with Gasteiger partial charge in [0.05, 0.1) is 0 Å². The first-order valence-electron chi connectivity index (χ1n) is 5.48. The molecule has 2 atom stereocenters. The first-order chi connectivity index (χ1) is 6.54. The second kappa shape index (κ2) is 5.87. The predicted octanol–water partition coefficient (Wildman–Crippen LogP) is -0.501. The van der Waals surface area contributed by atoms with E-state index in [1.807, 2.05) is 0 Å². The molecule has 2 unspecified atom stereocenters. The molecule has 82 valence electrons. The Balaban J connectivity index is 0.00000112. The first-order valence-corrected chi connectivity index (χ1v) is 5.48. The molecule has 1 nitrogen and oxygen atoms in total. The fourth-order valence-electron chi connectivity index (χ4n) is 2.94. The molecule has 1 aliphatic heterocycles. The number of fused-ring (bicyclic) bond motifs is 1. The molecule has 1 saturated heterocycles.